The van der Waals surface area contributed by atoms with Crippen molar-refractivity contribution in [3.8, 4) is 0 Å². The lowest BCUT2D eigenvalue weighted by Crippen LogP contribution is -2.39. The first kappa shape index (κ1) is 11.4. The molecule has 1 saturated carbocycles. The zero-order chi connectivity index (χ0) is 10.7. The van der Waals surface area contributed by atoms with Crippen LogP contribution in [0, 0.1) is 11.8 Å². The standard InChI is InChI=1S/C13H25NO/c1-3-14-13(8-11-5-4-6-11)12-7-10(2)15-9-12/h10-14H,3-9H2,1-2H3. The van der Waals surface area contributed by atoms with Crippen LogP contribution in [-0.4, -0.2) is 25.3 Å². The van der Waals surface area contributed by atoms with E-state index in [0.717, 1.165) is 25.0 Å². The van der Waals surface area contributed by atoms with Gasteiger partial charge in [-0.15, -0.1) is 0 Å². The molecule has 1 aliphatic carbocycles. The Morgan fingerprint density at radius 3 is 2.67 bits per heavy atom. The molecular formula is C13H25NO. The molecule has 15 heavy (non-hydrogen) atoms. The molecule has 2 nitrogen and oxygen atoms in total. The van der Waals surface area contributed by atoms with Crippen LogP contribution in [-0.2, 0) is 4.74 Å². The summed E-state index contributed by atoms with van der Waals surface area (Å²) in [5.74, 6) is 1.77. The van der Waals surface area contributed by atoms with Crippen LogP contribution in [0.15, 0.2) is 0 Å². The van der Waals surface area contributed by atoms with E-state index < -0.39 is 0 Å². The third kappa shape index (κ3) is 2.94. The van der Waals surface area contributed by atoms with Crippen molar-refractivity contribution in [3.05, 3.63) is 0 Å². The molecule has 1 heterocycles. The Hall–Kier alpha value is -0.0800. The summed E-state index contributed by atoms with van der Waals surface area (Å²) < 4.78 is 5.69. The first-order valence-corrected chi connectivity index (χ1v) is 6.64. The molecule has 1 saturated heterocycles. The van der Waals surface area contributed by atoms with E-state index in [-0.39, 0.29) is 0 Å². The second-order valence-electron chi connectivity index (χ2n) is 5.34. The molecule has 2 fully saturated rings. The van der Waals surface area contributed by atoms with Crippen molar-refractivity contribution in [2.24, 2.45) is 11.8 Å². The third-order valence-corrected chi connectivity index (χ3v) is 4.08. The van der Waals surface area contributed by atoms with Crippen LogP contribution in [0.25, 0.3) is 0 Å². The smallest absolute Gasteiger partial charge is 0.0551 e. The Bertz CT molecular complexity index is 191. The molecule has 0 aromatic rings. The summed E-state index contributed by atoms with van der Waals surface area (Å²) in [4.78, 5) is 0. The molecule has 0 aromatic heterocycles. The van der Waals surface area contributed by atoms with Crippen LogP contribution in [0.3, 0.4) is 0 Å². The van der Waals surface area contributed by atoms with Gasteiger partial charge in [-0.25, -0.2) is 0 Å². The molecule has 3 atom stereocenters. The molecule has 0 spiro atoms. The van der Waals surface area contributed by atoms with Gasteiger partial charge in [-0.3, -0.25) is 0 Å². The van der Waals surface area contributed by atoms with Gasteiger partial charge >= 0.3 is 0 Å². The summed E-state index contributed by atoms with van der Waals surface area (Å²) in [6.45, 7) is 6.49. The fourth-order valence-electron chi connectivity index (χ4n) is 2.92. The van der Waals surface area contributed by atoms with Crippen molar-refractivity contribution < 1.29 is 4.74 Å². The lowest BCUT2D eigenvalue weighted by molar-refractivity contribution is 0.114. The fourth-order valence-corrected chi connectivity index (χ4v) is 2.92. The Kier molecular flexibility index (Phi) is 4.04. The highest BCUT2D eigenvalue weighted by atomic mass is 16.5. The largest absolute Gasteiger partial charge is 0.378 e. The molecule has 88 valence electrons. The predicted octanol–water partition coefficient (Wildman–Crippen LogP) is 2.58. The van der Waals surface area contributed by atoms with Gasteiger partial charge in [0.15, 0.2) is 0 Å². The molecular weight excluding hydrogens is 186 g/mol. The van der Waals surface area contributed by atoms with Crippen molar-refractivity contribution in [3.63, 3.8) is 0 Å². The fraction of sp³-hybridized carbons (Fsp3) is 1.00. The lowest BCUT2D eigenvalue weighted by Gasteiger charge is -2.32. The summed E-state index contributed by atoms with van der Waals surface area (Å²) in [7, 11) is 0. The average Bonchev–Trinajstić information content (AvgIpc) is 2.56. The van der Waals surface area contributed by atoms with Crippen molar-refractivity contribution in [1.82, 2.24) is 5.32 Å². The van der Waals surface area contributed by atoms with E-state index in [1.165, 1.54) is 32.1 Å². The second-order valence-corrected chi connectivity index (χ2v) is 5.34. The van der Waals surface area contributed by atoms with Gasteiger partial charge < -0.3 is 10.1 Å². The van der Waals surface area contributed by atoms with E-state index in [1.54, 1.807) is 0 Å². The van der Waals surface area contributed by atoms with Crippen LogP contribution in [0.1, 0.15) is 46.0 Å². The minimum absolute atomic E-state index is 0.484. The number of nitrogens with one attached hydrogen (secondary N) is 1. The Balaban J connectivity index is 1.81. The second kappa shape index (κ2) is 5.31. The van der Waals surface area contributed by atoms with Gasteiger partial charge in [-0.1, -0.05) is 26.2 Å². The number of hydrogen-bond donors (Lipinski definition) is 1. The van der Waals surface area contributed by atoms with E-state index in [1.807, 2.05) is 0 Å². The summed E-state index contributed by atoms with van der Waals surface area (Å²) in [6, 6.07) is 0.713. The third-order valence-electron chi connectivity index (χ3n) is 4.08. The molecule has 0 aromatic carbocycles. The molecule has 0 radical (unpaired) electrons. The van der Waals surface area contributed by atoms with E-state index in [2.05, 4.69) is 19.2 Å². The Labute approximate surface area is 93.8 Å². The monoisotopic (exact) mass is 211 g/mol. The molecule has 2 heteroatoms. The van der Waals surface area contributed by atoms with Gasteiger partial charge in [0.25, 0.3) is 0 Å². The van der Waals surface area contributed by atoms with Gasteiger partial charge in [-0.2, -0.15) is 0 Å². The van der Waals surface area contributed by atoms with Gasteiger partial charge in [0.05, 0.1) is 12.7 Å². The normalized spacial score (nSPS) is 34.0. The summed E-state index contributed by atoms with van der Waals surface area (Å²) >= 11 is 0. The van der Waals surface area contributed by atoms with Gasteiger partial charge in [0, 0.05) is 12.0 Å². The van der Waals surface area contributed by atoms with Crippen molar-refractivity contribution in [1.29, 1.82) is 0 Å². The van der Waals surface area contributed by atoms with Crippen LogP contribution >= 0.6 is 0 Å². The van der Waals surface area contributed by atoms with Gasteiger partial charge in [0.1, 0.15) is 0 Å². The topological polar surface area (TPSA) is 21.3 Å². The van der Waals surface area contributed by atoms with Gasteiger partial charge in [-0.05, 0) is 32.2 Å². The van der Waals surface area contributed by atoms with Crippen LogP contribution in [0.5, 0.6) is 0 Å². The summed E-state index contributed by atoms with van der Waals surface area (Å²) in [5, 5.41) is 3.66. The minimum Gasteiger partial charge on any atom is -0.378 e. The zero-order valence-corrected chi connectivity index (χ0v) is 10.2. The molecule has 1 N–H and O–H groups in total. The zero-order valence-electron chi connectivity index (χ0n) is 10.2. The highest BCUT2D eigenvalue weighted by Gasteiger charge is 2.31. The first-order valence-electron chi connectivity index (χ1n) is 6.64. The van der Waals surface area contributed by atoms with Crippen molar-refractivity contribution in [2.45, 2.75) is 58.1 Å². The average molecular weight is 211 g/mol. The molecule has 2 rings (SSSR count). The molecule has 3 unspecified atom stereocenters. The van der Waals surface area contributed by atoms with Crippen molar-refractivity contribution >= 4 is 0 Å². The summed E-state index contributed by atoms with van der Waals surface area (Å²) in [6.07, 6.45) is 7.51. The van der Waals surface area contributed by atoms with Crippen LogP contribution in [0.2, 0.25) is 0 Å². The summed E-state index contributed by atoms with van der Waals surface area (Å²) in [5.41, 5.74) is 0. The maximum absolute atomic E-state index is 5.69. The predicted molar refractivity (Wildman–Crippen MR) is 62.9 cm³/mol. The molecule has 0 amide bonds. The van der Waals surface area contributed by atoms with Gasteiger partial charge in [0.2, 0.25) is 0 Å². The molecule has 0 bridgehead atoms. The molecule has 1 aliphatic heterocycles. The first-order chi connectivity index (χ1) is 7.29. The number of hydrogen-bond acceptors (Lipinski definition) is 2. The maximum Gasteiger partial charge on any atom is 0.0551 e. The molecule has 2 aliphatic rings. The Morgan fingerprint density at radius 2 is 2.20 bits per heavy atom. The lowest BCUT2D eigenvalue weighted by atomic mass is 9.78. The SMILES string of the molecule is CCNC(CC1CCC1)C1COC(C)C1. The number of ether oxygens (including phenoxy) is 1. The van der Waals surface area contributed by atoms with E-state index in [4.69, 9.17) is 4.74 Å². The van der Waals surface area contributed by atoms with Crippen LogP contribution < -0.4 is 5.32 Å². The minimum atomic E-state index is 0.484. The number of rotatable bonds is 5. The maximum atomic E-state index is 5.69. The van der Waals surface area contributed by atoms with Crippen LogP contribution in [0.4, 0.5) is 0 Å². The highest BCUT2D eigenvalue weighted by Crippen LogP contribution is 2.34. The van der Waals surface area contributed by atoms with E-state index >= 15 is 0 Å². The quantitative estimate of drug-likeness (QED) is 0.754. The highest BCUT2D eigenvalue weighted by molar-refractivity contribution is 4.85. The van der Waals surface area contributed by atoms with E-state index in [0.29, 0.717) is 12.1 Å². The van der Waals surface area contributed by atoms with Crippen molar-refractivity contribution in [2.75, 3.05) is 13.2 Å². The Morgan fingerprint density at radius 1 is 1.40 bits per heavy atom. The van der Waals surface area contributed by atoms with E-state index in [9.17, 15) is 0 Å².